The smallest absolute Gasteiger partial charge is 0.405 e. The Labute approximate surface area is 173 Å². The van der Waals surface area contributed by atoms with Crippen molar-refractivity contribution in [1.29, 1.82) is 0 Å². The predicted octanol–water partition coefficient (Wildman–Crippen LogP) is 3.96. The fourth-order valence-corrected chi connectivity index (χ4v) is 3.09. The number of nitrogens with one attached hydrogen (secondary N) is 2. The summed E-state index contributed by atoms with van der Waals surface area (Å²) in [5, 5.41) is 7.18. The molecular weight excluding hydrogens is 420 g/mol. The maximum Gasteiger partial charge on any atom is 0.573 e. The first-order chi connectivity index (χ1) is 14.5. The Morgan fingerprint density at radius 3 is 2.71 bits per heavy atom. The van der Waals surface area contributed by atoms with Gasteiger partial charge < -0.3 is 10.1 Å². The van der Waals surface area contributed by atoms with Crippen LogP contribution in [0.4, 0.5) is 23.4 Å². The Balaban J connectivity index is 1.64. The molecule has 12 heteroatoms. The number of anilines is 1. The van der Waals surface area contributed by atoms with Crippen molar-refractivity contribution >= 4 is 17.3 Å². The average molecular weight is 438 g/mol. The van der Waals surface area contributed by atoms with Gasteiger partial charge in [0.25, 0.3) is 0 Å². The second-order valence-electron chi connectivity index (χ2n) is 7.35. The van der Waals surface area contributed by atoms with E-state index < -0.39 is 29.7 Å². The van der Waals surface area contributed by atoms with Crippen molar-refractivity contribution in [2.75, 3.05) is 5.32 Å². The van der Waals surface area contributed by atoms with Gasteiger partial charge in [-0.25, -0.2) is 29.2 Å². The molecule has 1 atom stereocenters. The number of ether oxygens (including phenoxy) is 1. The van der Waals surface area contributed by atoms with Gasteiger partial charge in [0.15, 0.2) is 17.2 Å². The van der Waals surface area contributed by atoms with Crippen LogP contribution >= 0.6 is 0 Å². The molecule has 0 amide bonds. The number of hydroxylamine groups is 1. The fourth-order valence-electron chi connectivity index (χ4n) is 3.09. The van der Waals surface area contributed by atoms with E-state index in [2.05, 4.69) is 30.6 Å². The van der Waals surface area contributed by atoms with Crippen LogP contribution in [0.3, 0.4) is 0 Å². The van der Waals surface area contributed by atoms with E-state index in [0.29, 0.717) is 22.9 Å². The molecule has 0 fully saturated rings. The van der Waals surface area contributed by atoms with Gasteiger partial charge in [0.05, 0.1) is 17.8 Å². The lowest BCUT2D eigenvalue weighted by Gasteiger charge is -2.19. The lowest BCUT2D eigenvalue weighted by Crippen LogP contribution is -2.23. The van der Waals surface area contributed by atoms with Gasteiger partial charge in [-0.1, -0.05) is 0 Å². The predicted molar refractivity (Wildman–Crippen MR) is 103 cm³/mol. The Hall–Kier alpha value is -3.41. The van der Waals surface area contributed by atoms with Gasteiger partial charge in [-0.15, -0.1) is 13.2 Å². The third-order valence-corrected chi connectivity index (χ3v) is 4.43. The molecule has 2 N–H and O–H groups in total. The SMILES string of the molecule is C[C@H](Nc1ccn2ncc(C3=NC(C)(C)ON3)c2n1)c1cc(F)ccc1OC(F)(F)F. The molecule has 1 aromatic carbocycles. The van der Waals surface area contributed by atoms with Crippen LogP contribution in [0.2, 0.25) is 0 Å². The summed E-state index contributed by atoms with van der Waals surface area (Å²) in [6.45, 7) is 5.13. The monoisotopic (exact) mass is 438 g/mol. The molecule has 164 valence electrons. The number of hydrogen-bond acceptors (Lipinski definition) is 7. The first-order valence-corrected chi connectivity index (χ1v) is 9.21. The Morgan fingerprint density at radius 2 is 2.03 bits per heavy atom. The number of aliphatic imine (C=N–C) groups is 1. The first kappa shape index (κ1) is 20.8. The minimum atomic E-state index is -4.90. The van der Waals surface area contributed by atoms with Crippen molar-refractivity contribution in [1.82, 2.24) is 20.1 Å². The molecule has 0 saturated carbocycles. The molecular formula is C19H18F4N6O2. The van der Waals surface area contributed by atoms with E-state index in [1.54, 1.807) is 39.2 Å². The van der Waals surface area contributed by atoms with Crippen molar-refractivity contribution in [3.05, 3.63) is 53.6 Å². The summed E-state index contributed by atoms with van der Waals surface area (Å²) < 4.78 is 57.4. The highest BCUT2D eigenvalue weighted by molar-refractivity contribution is 6.03. The van der Waals surface area contributed by atoms with Crippen LogP contribution < -0.4 is 15.5 Å². The molecule has 31 heavy (non-hydrogen) atoms. The Kier molecular flexibility index (Phi) is 4.96. The summed E-state index contributed by atoms with van der Waals surface area (Å²) in [7, 11) is 0. The van der Waals surface area contributed by atoms with Gasteiger partial charge >= 0.3 is 6.36 Å². The molecule has 3 heterocycles. The molecule has 1 aliphatic rings. The zero-order chi connectivity index (χ0) is 22.4. The van der Waals surface area contributed by atoms with E-state index in [0.717, 1.165) is 18.2 Å². The number of amidine groups is 1. The summed E-state index contributed by atoms with van der Waals surface area (Å²) in [4.78, 5) is 14.3. The third kappa shape index (κ3) is 4.53. The molecule has 2 aromatic heterocycles. The van der Waals surface area contributed by atoms with Gasteiger partial charge in [0.2, 0.25) is 0 Å². The highest BCUT2D eigenvalue weighted by Gasteiger charge is 2.33. The van der Waals surface area contributed by atoms with Gasteiger partial charge in [-0.2, -0.15) is 5.10 Å². The van der Waals surface area contributed by atoms with E-state index in [1.165, 1.54) is 4.52 Å². The standard InChI is InChI=1S/C19H18F4N6O2/c1-10(12-8-11(20)4-5-14(12)30-19(21,22)23)25-15-6-7-29-17(26-15)13(9-24-29)16-27-18(2,3)31-28-16/h4-10H,1-3H3,(H,25,26)(H,27,28)/t10-/m0/s1. The van der Waals surface area contributed by atoms with Crippen LogP contribution in [0.15, 0.2) is 41.7 Å². The van der Waals surface area contributed by atoms with Crippen LogP contribution in [-0.4, -0.2) is 32.5 Å². The fraction of sp³-hybridized carbons (Fsp3) is 0.316. The number of aromatic nitrogens is 3. The van der Waals surface area contributed by atoms with Gasteiger partial charge in [-0.05, 0) is 45.0 Å². The summed E-state index contributed by atoms with van der Waals surface area (Å²) in [5.74, 6) is -0.400. The highest BCUT2D eigenvalue weighted by Crippen LogP contribution is 2.32. The minimum absolute atomic E-state index is 0.00952. The number of rotatable bonds is 5. The molecule has 3 aromatic rings. The zero-order valence-corrected chi connectivity index (χ0v) is 16.7. The lowest BCUT2D eigenvalue weighted by molar-refractivity contribution is -0.275. The van der Waals surface area contributed by atoms with Crippen molar-refractivity contribution < 1.29 is 27.1 Å². The van der Waals surface area contributed by atoms with Crippen molar-refractivity contribution in [3.63, 3.8) is 0 Å². The molecule has 0 bridgehead atoms. The van der Waals surface area contributed by atoms with Gasteiger partial charge in [-0.3, -0.25) is 0 Å². The van der Waals surface area contributed by atoms with E-state index in [9.17, 15) is 17.6 Å². The van der Waals surface area contributed by atoms with Crippen LogP contribution in [0.5, 0.6) is 5.75 Å². The molecule has 8 nitrogen and oxygen atoms in total. The van der Waals surface area contributed by atoms with E-state index in [4.69, 9.17) is 4.84 Å². The normalized spacial score (nSPS) is 16.7. The molecule has 1 aliphatic heterocycles. The van der Waals surface area contributed by atoms with E-state index >= 15 is 0 Å². The van der Waals surface area contributed by atoms with Crippen molar-refractivity contribution in [3.8, 4) is 5.75 Å². The number of benzene rings is 1. The number of alkyl halides is 3. The second kappa shape index (κ2) is 7.38. The topological polar surface area (TPSA) is 85.1 Å². The van der Waals surface area contributed by atoms with Crippen LogP contribution in [0.25, 0.3) is 5.65 Å². The molecule has 0 spiro atoms. The Bertz CT molecular complexity index is 1160. The average Bonchev–Trinajstić information content (AvgIpc) is 3.24. The lowest BCUT2D eigenvalue weighted by atomic mass is 10.1. The quantitative estimate of drug-likeness (QED) is 0.587. The van der Waals surface area contributed by atoms with Gasteiger partial charge in [0, 0.05) is 11.8 Å². The summed E-state index contributed by atoms with van der Waals surface area (Å²) >= 11 is 0. The minimum Gasteiger partial charge on any atom is -0.405 e. The number of nitrogens with zero attached hydrogens (tertiary/aromatic N) is 4. The van der Waals surface area contributed by atoms with Crippen molar-refractivity contribution in [2.45, 2.75) is 38.9 Å². The number of halogens is 4. The first-order valence-electron chi connectivity index (χ1n) is 9.21. The maximum absolute atomic E-state index is 13.7. The molecule has 0 radical (unpaired) electrons. The summed E-state index contributed by atoms with van der Waals surface area (Å²) in [6, 6.07) is 3.66. The van der Waals surface area contributed by atoms with Crippen LogP contribution in [0, 0.1) is 5.82 Å². The molecule has 0 saturated heterocycles. The van der Waals surface area contributed by atoms with E-state index in [-0.39, 0.29) is 5.56 Å². The third-order valence-electron chi connectivity index (χ3n) is 4.43. The Morgan fingerprint density at radius 1 is 1.26 bits per heavy atom. The van der Waals surface area contributed by atoms with Crippen LogP contribution in [-0.2, 0) is 4.84 Å². The largest absolute Gasteiger partial charge is 0.573 e. The highest BCUT2D eigenvalue weighted by atomic mass is 19.4. The number of hydrogen-bond donors (Lipinski definition) is 2. The van der Waals surface area contributed by atoms with Crippen molar-refractivity contribution in [2.24, 2.45) is 4.99 Å². The number of fused-ring (bicyclic) bond motifs is 1. The summed E-state index contributed by atoms with van der Waals surface area (Å²) in [5.41, 5.74) is 2.99. The second-order valence-corrected chi connectivity index (χ2v) is 7.35. The molecule has 4 rings (SSSR count). The maximum atomic E-state index is 13.7. The van der Waals surface area contributed by atoms with E-state index in [1.807, 2.05) is 0 Å². The van der Waals surface area contributed by atoms with Gasteiger partial charge in [0.1, 0.15) is 17.4 Å². The summed E-state index contributed by atoms with van der Waals surface area (Å²) in [6.07, 6.45) is -1.71. The molecule has 0 aliphatic carbocycles. The zero-order valence-electron chi connectivity index (χ0n) is 16.7. The molecule has 0 unspecified atom stereocenters. The van der Waals surface area contributed by atoms with Crippen LogP contribution in [0.1, 0.15) is 37.9 Å².